The van der Waals surface area contributed by atoms with Crippen LogP contribution in [0.4, 0.5) is 0 Å². The van der Waals surface area contributed by atoms with Gasteiger partial charge >= 0.3 is 0 Å². The quantitative estimate of drug-likeness (QED) is 0.872. The third-order valence-corrected chi connectivity index (χ3v) is 4.06. The van der Waals surface area contributed by atoms with E-state index in [9.17, 15) is 0 Å². The van der Waals surface area contributed by atoms with E-state index in [0.29, 0.717) is 6.04 Å². The molecule has 0 spiro atoms. The van der Waals surface area contributed by atoms with Crippen molar-refractivity contribution in [1.29, 1.82) is 0 Å². The number of rotatable bonds is 6. The van der Waals surface area contributed by atoms with Crippen LogP contribution in [0.5, 0.6) is 0 Å². The van der Waals surface area contributed by atoms with Crippen LogP contribution in [0, 0.1) is 0 Å². The molecule has 4 nitrogen and oxygen atoms in total. The van der Waals surface area contributed by atoms with Crippen molar-refractivity contribution in [2.75, 3.05) is 6.54 Å². The molecule has 0 aliphatic carbocycles. The Kier molecular flexibility index (Phi) is 4.49. The van der Waals surface area contributed by atoms with E-state index in [1.807, 2.05) is 18.7 Å². The van der Waals surface area contributed by atoms with E-state index in [1.54, 1.807) is 11.3 Å². The molecule has 1 unspecified atom stereocenters. The van der Waals surface area contributed by atoms with Crippen molar-refractivity contribution in [2.24, 2.45) is 0 Å². The minimum atomic E-state index is 0.365. The average Bonchev–Trinajstić information content (AvgIpc) is 2.97. The van der Waals surface area contributed by atoms with Crippen molar-refractivity contribution in [3.8, 4) is 10.7 Å². The van der Waals surface area contributed by atoms with Crippen molar-refractivity contribution in [3.05, 3.63) is 23.6 Å². The van der Waals surface area contributed by atoms with Gasteiger partial charge in [-0.25, -0.2) is 9.97 Å². The number of aryl methyl sites for hydroxylation is 1. The van der Waals surface area contributed by atoms with Gasteiger partial charge < -0.3 is 9.88 Å². The molecular formula is C13H20N4S. The van der Waals surface area contributed by atoms with Crippen molar-refractivity contribution < 1.29 is 0 Å². The van der Waals surface area contributed by atoms with Gasteiger partial charge in [-0.2, -0.15) is 0 Å². The van der Waals surface area contributed by atoms with Gasteiger partial charge in [0.15, 0.2) is 0 Å². The van der Waals surface area contributed by atoms with Gasteiger partial charge in [0.05, 0.1) is 18.2 Å². The standard InChI is InChI=1S/C13H20N4S/c1-4-6-17-9-14-7-11(17)13-16-8-12(18-13)10(3)15-5-2/h7-10,15H,4-6H2,1-3H3. The molecule has 5 heteroatoms. The lowest BCUT2D eigenvalue weighted by molar-refractivity contribution is 0.606. The molecule has 0 saturated carbocycles. The zero-order valence-corrected chi connectivity index (χ0v) is 12.0. The van der Waals surface area contributed by atoms with E-state index in [4.69, 9.17) is 0 Å². The van der Waals surface area contributed by atoms with Crippen LogP contribution >= 0.6 is 11.3 Å². The Bertz CT molecular complexity index is 489. The van der Waals surface area contributed by atoms with Gasteiger partial charge in [0.2, 0.25) is 0 Å². The first-order chi connectivity index (χ1) is 8.76. The van der Waals surface area contributed by atoms with Crippen LogP contribution in [0.15, 0.2) is 18.7 Å². The number of hydrogen-bond donors (Lipinski definition) is 1. The molecule has 0 aliphatic rings. The van der Waals surface area contributed by atoms with Crippen LogP contribution in [0.25, 0.3) is 10.7 Å². The molecule has 2 aromatic heterocycles. The Morgan fingerprint density at radius 2 is 2.22 bits per heavy atom. The molecule has 2 rings (SSSR count). The molecule has 0 aromatic carbocycles. The molecule has 2 aromatic rings. The highest BCUT2D eigenvalue weighted by Gasteiger charge is 2.12. The second-order valence-electron chi connectivity index (χ2n) is 4.32. The first-order valence-electron chi connectivity index (χ1n) is 6.45. The van der Waals surface area contributed by atoms with Crippen LogP contribution in [0.3, 0.4) is 0 Å². The van der Waals surface area contributed by atoms with E-state index in [-0.39, 0.29) is 0 Å². The highest BCUT2D eigenvalue weighted by atomic mass is 32.1. The van der Waals surface area contributed by atoms with Crippen LogP contribution in [0.1, 0.15) is 38.1 Å². The van der Waals surface area contributed by atoms with Crippen LogP contribution in [0.2, 0.25) is 0 Å². The maximum Gasteiger partial charge on any atom is 0.141 e. The predicted molar refractivity (Wildman–Crippen MR) is 75.7 cm³/mol. The fraction of sp³-hybridized carbons (Fsp3) is 0.538. The summed E-state index contributed by atoms with van der Waals surface area (Å²) in [5, 5.41) is 4.46. The molecule has 2 heterocycles. The molecule has 18 heavy (non-hydrogen) atoms. The first-order valence-corrected chi connectivity index (χ1v) is 7.27. The Hall–Kier alpha value is -1.20. The van der Waals surface area contributed by atoms with Crippen molar-refractivity contribution >= 4 is 11.3 Å². The van der Waals surface area contributed by atoms with E-state index in [0.717, 1.165) is 30.2 Å². The SMILES string of the molecule is CCCn1cncc1-c1ncc(C(C)NCC)s1. The summed E-state index contributed by atoms with van der Waals surface area (Å²) in [5.74, 6) is 0. The second kappa shape index (κ2) is 6.11. The highest BCUT2D eigenvalue weighted by Crippen LogP contribution is 2.28. The molecule has 1 N–H and O–H groups in total. The molecule has 0 radical (unpaired) electrons. The Morgan fingerprint density at radius 3 is 2.94 bits per heavy atom. The summed E-state index contributed by atoms with van der Waals surface area (Å²) in [6, 6.07) is 0.365. The van der Waals surface area contributed by atoms with Crippen LogP contribution in [-0.2, 0) is 6.54 Å². The molecule has 0 fully saturated rings. The second-order valence-corrected chi connectivity index (χ2v) is 5.38. The summed E-state index contributed by atoms with van der Waals surface area (Å²) in [5.41, 5.74) is 1.12. The molecule has 0 bridgehead atoms. The Morgan fingerprint density at radius 1 is 1.39 bits per heavy atom. The number of nitrogens with zero attached hydrogens (tertiary/aromatic N) is 3. The number of hydrogen-bond acceptors (Lipinski definition) is 4. The molecule has 0 aliphatic heterocycles. The summed E-state index contributed by atoms with van der Waals surface area (Å²) in [4.78, 5) is 10.0. The van der Waals surface area contributed by atoms with E-state index in [1.165, 1.54) is 4.88 Å². The molecular weight excluding hydrogens is 244 g/mol. The average molecular weight is 264 g/mol. The third-order valence-electron chi connectivity index (χ3n) is 2.86. The van der Waals surface area contributed by atoms with Crippen molar-refractivity contribution in [2.45, 2.75) is 39.8 Å². The number of nitrogens with one attached hydrogen (secondary N) is 1. The maximum atomic E-state index is 4.52. The highest BCUT2D eigenvalue weighted by molar-refractivity contribution is 7.15. The first kappa shape index (κ1) is 13.2. The minimum absolute atomic E-state index is 0.365. The van der Waals surface area contributed by atoms with E-state index in [2.05, 4.69) is 40.6 Å². The normalized spacial score (nSPS) is 12.8. The van der Waals surface area contributed by atoms with Gasteiger partial charge in [0.25, 0.3) is 0 Å². The Balaban J connectivity index is 2.21. The maximum absolute atomic E-state index is 4.52. The van der Waals surface area contributed by atoms with Gasteiger partial charge in [0, 0.05) is 23.7 Å². The predicted octanol–water partition coefficient (Wildman–Crippen LogP) is 3.09. The molecule has 98 valence electrons. The zero-order chi connectivity index (χ0) is 13.0. The summed E-state index contributed by atoms with van der Waals surface area (Å²) in [6.45, 7) is 8.43. The number of aromatic nitrogens is 3. The van der Waals surface area contributed by atoms with Gasteiger partial charge in [-0.05, 0) is 19.9 Å². The summed E-state index contributed by atoms with van der Waals surface area (Å²) >= 11 is 1.74. The third kappa shape index (κ3) is 2.79. The molecule has 1 atom stereocenters. The fourth-order valence-corrected chi connectivity index (χ4v) is 2.90. The zero-order valence-electron chi connectivity index (χ0n) is 11.2. The Labute approximate surface area is 112 Å². The molecule has 0 amide bonds. The number of imidazole rings is 1. The monoisotopic (exact) mass is 264 g/mol. The van der Waals surface area contributed by atoms with Gasteiger partial charge in [-0.3, -0.25) is 0 Å². The summed E-state index contributed by atoms with van der Waals surface area (Å²) in [6.07, 6.45) is 6.86. The van der Waals surface area contributed by atoms with E-state index < -0.39 is 0 Å². The van der Waals surface area contributed by atoms with Crippen LogP contribution in [-0.4, -0.2) is 21.1 Å². The summed E-state index contributed by atoms with van der Waals surface area (Å²) in [7, 11) is 0. The molecule has 0 saturated heterocycles. The van der Waals surface area contributed by atoms with Crippen molar-refractivity contribution in [3.63, 3.8) is 0 Å². The fourth-order valence-electron chi connectivity index (χ4n) is 1.93. The summed E-state index contributed by atoms with van der Waals surface area (Å²) < 4.78 is 2.17. The smallest absolute Gasteiger partial charge is 0.141 e. The number of thiazole rings is 1. The van der Waals surface area contributed by atoms with Gasteiger partial charge in [-0.1, -0.05) is 13.8 Å². The lowest BCUT2D eigenvalue weighted by atomic mass is 10.3. The lowest BCUT2D eigenvalue weighted by Crippen LogP contribution is -2.16. The lowest BCUT2D eigenvalue weighted by Gasteiger charge is -2.08. The van der Waals surface area contributed by atoms with Gasteiger partial charge in [0.1, 0.15) is 5.01 Å². The minimum Gasteiger partial charge on any atom is -0.329 e. The van der Waals surface area contributed by atoms with Gasteiger partial charge in [-0.15, -0.1) is 11.3 Å². The van der Waals surface area contributed by atoms with E-state index >= 15 is 0 Å². The topological polar surface area (TPSA) is 42.7 Å². The van der Waals surface area contributed by atoms with Crippen LogP contribution < -0.4 is 5.32 Å². The largest absolute Gasteiger partial charge is 0.329 e. The van der Waals surface area contributed by atoms with Crippen molar-refractivity contribution in [1.82, 2.24) is 19.9 Å².